The van der Waals surface area contributed by atoms with E-state index in [1.165, 1.54) is 10.6 Å². The molecule has 0 aliphatic carbocycles. The van der Waals surface area contributed by atoms with Gasteiger partial charge in [0.1, 0.15) is 0 Å². The molecule has 0 bridgehead atoms. The third-order valence-corrected chi connectivity index (χ3v) is 6.61. The Bertz CT molecular complexity index is 1570. The third-order valence-electron chi connectivity index (χ3n) is 5.42. The van der Waals surface area contributed by atoms with Crippen LogP contribution in [0.1, 0.15) is 0 Å². The fourth-order valence-electron chi connectivity index (χ4n) is 3.66. The summed E-state index contributed by atoms with van der Waals surface area (Å²) in [5.74, 6) is 0.422. The van der Waals surface area contributed by atoms with E-state index >= 15 is 0 Å². The molecule has 0 radical (unpaired) electrons. The van der Waals surface area contributed by atoms with E-state index in [2.05, 4.69) is 20.5 Å². The van der Waals surface area contributed by atoms with E-state index in [4.69, 9.17) is 0 Å². The normalized spacial score (nSPS) is 11.8. The summed E-state index contributed by atoms with van der Waals surface area (Å²) in [5.41, 5.74) is 4.72. The first-order chi connectivity index (χ1) is 15.3. The summed E-state index contributed by atoms with van der Waals surface area (Å²) in [5, 5.41) is 13.2. The molecule has 10 heteroatoms. The highest BCUT2D eigenvalue weighted by molar-refractivity contribution is 7.92. The van der Waals surface area contributed by atoms with Gasteiger partial charge < -0.3 is 5.32 Å². The summed E-state index contributed by atoms with van der Waals surface area (Å²) < 4.78 is 29.1. The quantitative estimate of drug-likeness (QED) is 0.443. The highest BCUT2D eigenvalue weighted by Crippen LogP contribution is 2.32. The van der Waals surface area contributed by atoms with Crippen LogP contribution in [0.4, 0.5) is 17.3 Å². The molecule has 2 aromatic carbocycles. The summed E-state index contributed by atoms with van der Waals surface area (Å²) in [4.78, 5) is 4.42. The minimum absolute atomic E-state index is 0.422. The number of aryl methyl sites for hydroxylation is 1. The van der Waals surface area contributed by atoms with Gasteiger partial charge in [0.05, 0.1) is 41.1 Å². The van der Waals surface area contributed by atoms with Gasteiger partial charge in [0.25, 0.3) is 0 Å². The van der Waals surface area contributed by atoms with Crippen LogP contribution in [-0.2, 0) is 17.1 Å². The van der Waals surface area contributed by atoms with E-state index in [1.54, 1.807) is 23.8 Å². The van der Waals surface area contributed by atoms with Crippen LogP contribution in [0.3, 0.4) is 0 Å². The van der Waals surface area contributed by atoms with Gasteiger partial charge in [-0.1, -0.05) is 18.2 Å². The maximum atomic E-state index is 12.1. The number of hydrogen-bond donors (Lipinski definition) is 1. The Labute approximate surface area is 185 Å². The molecule has 0 aliphatic heterocycles. The molecule has 0 amide bonds. The maximum Gasteiger partial charge on any atom is 0.245 e. The topological polar surface area (TPSA) is 97.4 Å². The maximum absolute atomic E-state index is 12.1. The average molecular weight is 448 g/mol. The van der Waals surface area contributed by atoms with Gasteiger partial charge in [0.2, 0.25) is 16.0 Å². The zero-order valence-corrected chi connectivity index (χ0v) is 18.6. The fraction of sp³-hybridized carbons (Fsp3) is 0.136. The van der Waals surface area contributed by atoms with Crippen LogP contribution < -0.4 is 9.62 Å². The van der Waals surface area contributed by atoms with Crippen LogP contribution in [0.5, 0.6) is 0 Å². The van der Waals surface area contributed by atoms with Gasteiger partial charge in [-0.2, -0.15) is 5.10 Å². The Hall–Kier alpha value is -3.92. The van der Waals surface area contributed by atoms with Crippen LogP contribution in [0.2, 0.25) is 0 Å². The van der Waals surface area contributed by atoms with Crippen LogP contribution in [0.25, 0.3) is 27.7 Å². The Morgan fingerprint density at radius 1 is 1.03 bits per heavy atom. The number of benzene rings is 2. The van der Waals surface area contributed by atoms with Gasteiger partial charge in [-0.15, -0.1) is 5.10 Å². The van der Waals surface area contributed by atoms with E-state index in [0.717, 1.165) is 33.4 Å². The van der Waals surface area contributed by atoms with Gasteiger partial charge in [-0.3, -0.25) is 8.99 Å². The second kappa shape index (κ2) is 7.34. The minimum atomic E-state index is -3.42. The Kier molecular flexibility index (Phi) is 4.59. The van der Waals surface area contributed by atoms with Crippen molar-refractivity contribution in [3.63, 3.8) is 0 Å². The van der Waals surface area contributed by atoms with E-state index in [-0.39, 0.29) is 0 Å². The number of nitrogens with one attached hydrogen (secondary N) is 1. The molecule has 0 spiro atoms. The van der Waals surface area contributed by atoms with Crippen molar-refractivity contribution < 1.29 is 8.42 Å². The zero-order valence-electron chi connectivity index (χ0n) is 17.8. The molecule has 32 heavy (non-hydrogen) atoms. The predicted molar refractivity (Wildman–Crippen MR) is 126 cm³/mol. The minimum Gasteiger partial charge on any atom is -0.323 e. The molecule has 162 valence electrons. The first-order valence-corrected chi connectivity index (χ1v) is 11.7. The number of hydrogen-bond acceptors (Lipinski definition) is 6. The molecule has 9 nitrogen and oxygen atoms in total. The lowest BCUT2D eigenvalue weighted by Gasteiger charge is -2.20. The Balaban J connectivity index is 1.57. The SMILES string of the molecule is CN(c1ccccc1-c1ccc2cnc(Nc3ccc4cnn(C)c4c3)nn12)S(C)(=O)=O. The molecule has 0 saturated heterocycles. The number of rotatable bonds is 5. The molecule has 0 aliphatic rings. The number of sulfonamides is 1. The van der Waals surface area contributed by atoms with Crippen molar-refractivity contribution in [2.75, 3.05) is 22.9 Å². The summed E-state index contributed by atoms with van der Waals surface area (Å²) in [6, 6.07) is 17.1. The summed E-state index contributed by atoms with van der Waals surface area (Å²) >= 11 is 0. The lowest BCUT2D eigenvalue weighted by Crippen LogP contribution is -2.25. The van der Waals surface area contributed by atoms with Crippen molar-refractivity contribution in [1.29, 1.82) is 0 Å². The number of nitrogens with zero attached hydrogens (tertiary/aromatic N) is 6. The Morgan fingerprint density at radius 3 is 2.66 bits per heavy atom. The average Bonchev–Trinajstić information content (AvgIpc) is 3.36. The fourth-order valence-corrected chi connectivity index (χ4v) is 4.17. The molecule has 0 unspecified atom stereocenters. The standard InChI is InChI=1S/C22H21N7O2S/c1-27-21-12-16(9-8-15(21)13-24-27)25-22-23-14-17-10-11-20(29(17)26-22)18-6-4-5-7-19(18)28(2)32(3,30)31/h4-14H,1-3H3,(H,25,26). The number of aromatic nitrogens is 5. The second-order valence-corrected chi connectivity index (χ2v) is 9.57. The number of para-hydroxylation sites is 1. The molecular formula is C22H21N7O2S. The van der Waals surface area contributed by atoms with Gasteiger partial charge in [0.15, 0.2) is 0 Å². The van der Waals surface area contributed by atoms with E-state index in [1.807, 2.05) is 66.5 Å². The highest BCUT2D eigenvalue weighted by atomic mass is 32.2. The van der Waals surface area contributed by atoms with E-state index in [9.17, 15) is 8.42 Å². The van der Waals surface area contributed by atoms with Crippen molar-refractivity contribution in [1.82, 2.24) is 24.4 Å². The van der Waals surface area contributed by atoms with Gasteiger partial charge in [-0.25, -0.2) is 17.9 Å². The predicted octanol–water partition coefficient (Wildman–Crippen LogP) is 3.42. The first kappa shape index (κ1) is 20.0. The number of fused-ring (bicyclic) bond motifs is 2. The molecule has 1 N–H and O–H groups in total. The molecule has 0 saturated carbocycles. The summed E-state index contributed by atoms with van der Waals surface area (Å²) in [6.45, 7) is 0. The van der Waals surface area contributed by atoms with Crippen LogP contribution in [0.15, 0.2) is 67.0 Å². The number of anilines is 3. The first-order valence-electron chi connectivity index (χ1n) is 9.88. The van der Waals surface area contributed by atoms with E-state index < -0.39 is 10.0 Å². The van der Waals surface area contributed by atoms with Crippen molar-refractivity contribution in [3.05, 3.63) is 67.0 Å². The second-order valence-electron chi connectivity index (χ2n) is 7.55. The highest BCUT2D eigenvalue weighted by Gasteiger charge is 2.18. The molecule has 5 aromatic rings. The smallest absolute Gasteiger partial charge is 0.245 e. The third kappa shape index (κ3) is 3.44. The molecule has 3 aromatic heterocycles. The van der Waals surface area contributed by atoms with Crippen LogP contribution >= 0.6 is 0 Å². The molecular weight excluding hydrogens is 426 g/mol. The van der Waals surface area contributed by atoms with Gasteiger partial charge in [0, 0.05) is 30.7 Å². The summed E-state index contributed by atoms with van der Waals surface area (Å²) in [6.07, 6.45) is 4.73. The van der Waals surface area contributed by atoms with Crippen molar-refractivity contribution in [3.8, 4) is 11.3 Å². The zero-order chi connectivity index (χ0) is 22.5. The molecule has 0 fully saturated rings. The van der Waals surface area contributed by atoms with Crippen molar-refractivity contribution in [2.45, 2.75) is 0 Å². The van der Waals surface area contributed by atoms with Crippen molar-refractivity contribution >= 4 is 43.8 Å². The largest absolute Gasteiger partial charge is 0.323 e. The molecule has 5 rings (SSSR count). The lowest BCUT2D eigenvalue weighted by atomic mass is 10.1. The molecule has 3 heterocycles. The van der Waals surface area contributed by atoms with Crippen LogP contribution in [-0.4, -0.2) is 46.1 Å². The lowest BCUT2D eigenvalue weighted by molar-refractivity contribution is 0.600. The van der Waals surface area contributed by atoms with Gasteiger partial charge in [-0.05, 0) is 36.4 Å². The van der Waals surface area contributed by atoms with Gasteiger partial charge >= 0.3 is 0 Å². The monoisotopic (exact) mass is 447 g/mol. The summed E-state index contributed by atoms with van der Waals surface area (Å²) in [7, 11) is 0.0203. The Morgan fingerprint density at radius 2 is 1.84 bits per heavy atom. The molecule has 0 atom stereocenters. The van der Waals surface area contributed by atoms with E-state index in [0.29, 0.717) is 11.6 Å². The van der Waals surface area contributed by atoms with Crippen molar-refractivity contribution in [2.24, 2.45) is 7.05 Å². The van der Waals surface area contributed by atoms with Crippen LogP contribution in [0, 0.1) is 0 Å².